The fraction of sp³-hybridized carbons (Fsp3) is 0.375. The first-order chi connectivity index (χ1) is 24.2. The van der Waals surface area contributed by atoms with Crippen molar-refractivity contribution in [2.45, 2.75) is 82.5 Å². The third-order valence-electron chi connectivity index (χ3n) is 15.6. The molecule has 0 amide bonds. The van der Waals surface area contributed by atoms with E-state index in [4.69, 9.17) is 0 Å². The topological polar surface area (TPSA) is 3.24 Å². The monoisotopic (exact) mass is 667 g/mol. The standard InChI is InChI=1S/C48H45NS/c1-45(2)20-21-46(3,4)38-26-31(17-19-36(38)45)49(39-13-9-15-41-44(39)34-11-6-8-14-40(34)50-41)30-16-18-33-32-10-5-7-12-35(32)48(37(33)25-30)42-23-28-22-29-24-43(48)47(29,42)27-28/h5-19,25-26,28-29,42-43H,20-24,27H2,1-4H3. The molecule has 2 spiro atoms. The molecule has 1 aromatic heterocycles. The Balaban J connectivity index is 1.12. The highest BCUT2D eigenvalue weighted by Gasteiger charge is 2.84. The summed E-state index contributed by atoms with van der Waals surface area (Å²) in [4.78, 5) is 2.65. The minimum atomic E-state index is 0.139. The molecule has 6 aliphatic rings. The minimum absolute atomic E-state index is 0.139. The summed E-state index contributed by atoms with van der Waals surface area (Å²) in [5.74, 6) is 3.56. The van der Waals surface area contributed by atoms with E-state index < -0.39 is 0 Å². The molecule has 50 heavy (non-hydrogen) atoms. The molecular formula is C48H45NS. The summed E-state index contributed by atoms with van der Waals surface area (Å²) in [7, 11) is 0. The largest absolute Gasteiger partial charge is 0.310 e. The van der Waals surface area contributed by atoms with Gasteiger partial charge in [0.05, 0.1) is 5.69 Å². The van der Waals surface area contributed by atoms with Crippen LogP contribution in [0.4, 0.5) is 17.1 Å². The van der Waals surface area contributed by atoms with Crippen LogP contribution in [0.1, 0.15) is 88.5 Å². The number of fused-ring (bicyclic) bond motifs is 12. The average molecular weight is 668 g/mol. The predicted molar refractivity (Wildman–Crippen MR) is 210 cm³/mol. The Morgan fingerprint density at radius 2 is 1.30 bits per heavy atom. The van der Waals surface area contributed by atoms with E-state index in [1.165, 1.54) is 98.0 Å². The van der Waals surface area contributed by atoms with Crippen LogP contribution >= 0.6 is 11.3 Å². The predicted octanol–water partition coefficient (Wildman–Crippen LogP) is 13.2. The van der Waals surface area contributed by atoms with Crippen molar-refractivity contribution in [3.63, 3.8) is 0 Å². The second-order valence-electron chi connectivity index (χ2n) is 18.4. The van der Waals surface area contributed by atoms with E-state index in [0.717, 1.165) is 23.7 Å². The van der Waals surface area contributed by atoms with Gasteiger partial charge in [0.15, 0.2) is 0 Å². The first-order valence-corrected chi connectivity index (χ1v) is 20.1. The minimum Gasteiger partial charge on any atom is -0.310 e. The number of hydrogen-bond donors (Lipinski definition) is 0. The van der Waals surface area contributed by atoms with Gasteiger partial charge in [0.1, 0.15) is 0 Å². The molecule has 0 N–H and O–H groups in total. The molecule has 6 unspecified atom stereocenters. The normalized spacial score (nSPS) is 31.2. The molecule has 6 aromatic rings. The summed E-state index contributed by atoms with van der Waals surface area (Å²) in [6.45, 7) is 9.82. The van der Waals surface area contributed by atoms with E-state index in [0.29, 0.717) is 5.41 Å². The highest BCUT2D eigenvalue weighted by molar-refractivity contribution is 7.26. The molecule has 12 rings (SSSR count). The second-order valence-corrected chi connectivity index (χ2v) is 19.5. The Bertz CT molecular complexity index is 2460. The van der Waals surface area contributed by atoms with Crippen LogP contribution in [0.25, 0.3) is 31.3 Å². The van der Waals surface area contributed by atoms with E-state index in [1.54, 1.807) is 11.1 Å². The lowest BCUT2D eigenvalue weighted by molar-refractivity contribution is -0.231. The number of rotatable bonds is 3. The van der Waals surface area contributed by atoms with E-state index in [-0.39, 0.29) is 16.2 Å². The Labute approximate surface area is 300 Å². The molecule has 2 bridgehead atoms. The van der Waals surface area contributed by atoms with Gasteiger partial charge in [0.25, 0.3) is 0 Å². The molecule has 5 aromatic carbocycles. The van der Waals surface area contributed by atoms with Gasteiger partial charge < -0.3 is 4.90 Å². The summed E-state index contributed by atoms with van der Waals surface area (Å²) in [5.41, 5.74) is 14.4. The van der Waals surface area contributed by atoms with E-state index in [1.807, 2.05) is 11.3 Å². The first kappa shape index (κ1) is 28.8. The molecule has 0 saturated heterocycles. The van der Waals surface area contributed by atoms with Crippen molar-refractivity contribution in [3.05, 3.63) is 125 Å². The van der Waals surface area contributed by atoms with Gasteiger partial charge in [0, 0.05) is 37.0 Å². The third kappa shape index (κ3) is 3.20. The van der Waals surface area contributed by atoms with Crippen LogP contribution in [0.5, 0.6) is 0 Å². The lowest BCUT2D eigenvalue weighted by Crippen LogP contribution is -2.73. The number of hydrogen-bond acceptors (Lipinski definition) is 2. The zero-order valence-corrected chi connectivity index (χ0v) is 30.5. The first-order valence-electron chi connectivity index (χ1n) is 19.3. The molecule has 0 aliphatic heterocycles. The van der Waals surface area contributed by atoms with E-state index in [2.05, 4.69) is 136 Å². The number of benzene rings is 5. The van der Waals surface area contributed by atoms with Crippen molar-refractivity contribution in [3.8, 4) is 11.1 Å². The van der Waals surface area contributed by atoms with Crippen LogP contribution in [0.15, 0.2) is 103 Å². The lowest BCUT2D eigenvalue weighted by Gasteiger charge is -2.76. The van der Waals surface area contributed by atoms with Gasteiger partial charge in [0.2, 0.25) is 0 Å². The fourth-order valence-electron chi connectivity index (χ4n) is 13.5. The maximum Gasteiger partial charge on any atom is 0.0554 e. The SMILES string of the molecule is CC1(C)CCC(C)(C)c2cc(N(c3ccc4c(c3)C3(c5ccccc5-4)C4CC5CC6CC3C64C5)c3cccc4sc5ccccc5c34)ccc21. The average Bonchev–Trinajstić information content (AvgIpc) is 3.85. The molecule has 1 nitrogen and oxygen atoms in total. The maximum absolute atomic E-state index is 2.68. The number of thiophene rings is 1. The lowest BCUT2D eigenvalue weighted by atomic mass is 9.27. The highest BCUT2D eigenvalue weighted by atomic mass is 32.1. The van der Waals surface area contributed by atoms with Crippen LogP contribution in [-0.4, -0.2) is 0 Å². The van der Waals surface area contributed by atoms with Gasteiger partial charge in [-0.2, -0.15) is 0 Å². The molecular weight excluding hydrogens is 623 g/mol. The molecule has 2 heteroatoms. The van der Waals surface area contributed by atoms with E-state index in [9.17, 15) is 0 Å². The van der Waals surface area contributed by atoms with Gasteiger partial charge in [-0.1, -0.05) is 88.4 Å². The zero-order chi connectivity index (χ0) is 33.4. The van der Waals surface area contributed by atoms with Crippen LogP contribution in [0.3, 0.4) is 0 Å². The molecule has 6 aliphatic carbocycles. The van der Waals surface area contributed by atoms with Crippen LogP contribution in [-0.2, 0) is 16.2 Å². The van der Waals surface area contributed by atoms with E-state index >= 15 is 0 Å². The fourth-order valence-corrected chi connectivity index (χ4v) is 14.7. The summed E-state index contributed by atoms with van der Waals surface area (Å²) in [6.07, 6.45) is 8.33. The molecule has 4 saturated carbocycles. The summed E-state index contributed by atoms with van der Waals surface area (Å²) < 4.78 is 2.73. The molecule has 4 fully saturated rings. The van der Waals surface area contributed by atoms with Gasteiger partial charge in [-0.3, -0.25) is 0 Å². The molecule has 1 heterocycles. The smallest absolute Gasteiger partial charge is 0.0554 e. The summed E-state index contributed by atoms with van der Waals surface area (Å²) >= 11 is 1.93. The van der Waals surface area contributed by atoms with Crippen molar-refractivity contribution in [2.75, 3.05) is 4.90 Å². The second kappa shape index (κ2) is 9.12. The van der Waals surface area contributed by atoms with Crippen LogP contribution in [0, 0.1) is 29.1 Å². The maximum atomic E-state index is 2.68. The number of nitrogens with zero attached hydrogens (tertiary/aromatic N) is 1. The Kier molecular flexibility index (Phi) is 5.25. The van der Waals surface area contributed by atoms with Crippen molar-refractivity contribution in [2.24, 2.45) is 29.1 Å². The molecule has 0 radical (unpaired) electrons. The van der Waals surface area contributed by atoms with Gasteiger partial charge in [-0.05, 0) is 154 Å². The van der Waals surface area contributed by atoms with Crippen molar-refractivity contribution in [1.82, 2.24) is 0 Å². The Morgan fingerprint density at radius 3 is 2.16 bits per heavy atom. The van der Waals surface area contributed by atoms with Gasteiger partial charge in [-0.15, -0.1) is 11.3 Å². The van der Waals surface area contributed by atoms with Crippen LogP contribution < -0.4 is 4.90 Å². The highest BCUT2D eigenvalue weighted by Crippen LogP contribution is 2.89. The quantitative estimate of drug-likeness (QED) is 0.182. The molecule has 6 atom stereocenters. The Hall–Kier alpha value is -3.88. The van der Waals surface area contributed by atoms with Gasteiger partial charge >= 0.3 is 0 Å². The van der Waals surface area contributed by atoms with Crippen molar-refractivity contribution < 1.29 is 0 Å². The zero-order valence-electron chi connectivity index (χ0n) is 29.7. The van der Waals surface area contributed by atoms with Crippen LogP contribution in [0.2, 0.25) is 0 Å². The van der Waals surface area contributed by atoms with Gasteiger partial charge in [-0.25, -0.2) is 0 Å². The molecule has 248 valence electrons. The summed E-state index contributed by atoms with van der Waals surface area (Å²) in [5, 5.41) is 2.74. The Morgan fingerprint density at radius 1 is 0.600 bits per heavy atom. The number of anilines is 3. The summed E-state index contributed by atoms with van der Waals surface area (Å²) in [6, 6.07) is 40.7. The third-order valence-corrected chi connectivity index (χ3v) is 16.7. The van der Waals surface area contributed by atoms with Crippen molar-refractivity contribution in [1.29, 1.82) is 0 Å². The van der Waals surface area contributed by atoms with Crippen molar-refractivity contribution >= 4 is 48.6 Å².